The van der Waals surface area contributed by atoms with Gasteiger partial charge < -0.3 is 0 Å². The second-order valence-corrected chi connectivity index (χ2v) is 6.34. The minimum atomic E-state index is -0.345. The summed E-state index contributed by atoms with van der Waals surface area (Å²) in [4.78, 5) is 27.6. The van der Waals surface area contributed by atoms with E-state index in [0.717, 1.165) is 0 Å². The molecule has 0 saturated carbocycles. The van der Waals surface area contributed by atoms with Gasteiger partial charge in [-0.25, -0.2) is 4.90 Å². The fourth-order valence-electron chi connectivity index (χ4n) is 3.12. The molecule has 0 N–H and O–H groups in total. The van der Waals surface area contributed by atoms with E-state index < -0.39 is 0 Å². The monoisotopic (exact) mass is 359 g/mol. The number of halogens is 1. The van der Waals surface area contributed by atoms with Crippen LogP contribution in [0.25, 0.3) is 11.1 Å². The van der Waals surface area contributed by atoms with Crippen LogP contribution in [0.2, 0.25) is 5.02 Å². The van der Waals surface area contributed by atoms with Crippen LogP contribution in [0.4, 0.5) is 5.69 Å². The predicted octanol–water partition coefficient (Wildman–Crippen LogP) is 4.82. The molecule has 1 aliphatic heterocycles. The fourth-order valence-corrected chi connectivity index (χ4v) is 3.31. The van der Waals surface area contributed by atoms with E-state index in [4.69, 9.17) is 11.6 Å². The summed E-state index contributed by atoms with van der Waals surface area (Å²) in [5, 5.41) is 0.470. The van der Waals surface area contributed by atoms with Crippen LogP contribution < -0.4 is 4.90 Å². The van der Waals surface area contributed by atoms with Gasteiger partial charge in [0.05, 0.1) is 16.8 Å². The van der Waals surface area contributed by atoms with Crippen LogP contribution in [0.3, 0.4) is 0 Å². The van der Waals surface area contributed by atoms with Crippen LogP contribution >= 0.6 is 11.6 Å². The van der Waals surface area contributed by atoms with Crippen LogP contribution in [-0.2, 0) is 9.59 Å². The highest BCUT2D eigenvalue weighted by molar-refractivity contribution is 6.57. The molecule has 0 atom stereocenters. The Morgan fingerprint density at radius 2 is 1.12 bits per heavy atom. The van der Waals surface area contributed by atoms with Crippen molar-refractivity contribution >= 4 is 40.2 Å². The van der Waals surface area contributed by atoms with Crippen molar-refractivity contribution in [1.82, 2.24) is 0 Å². The van der Waals surface area contributed by atoms with Crippen molar-refractivity contribution in [1.29, 1.82) is 0 Å². The summed E-state index contributed by atoms with van der Waals surface area (Å²) in [6.45, 7) is 0. The Labute approximate surface area is 156 Å². The number of rotatable bonds is 3. The lowest BCUT2D eigenvalue weighted by atomic mass is 9.96. The first kappa shape index (κ1) is 16.3. The lowest BCUT2D eigenvalue weighted by molar-refractivity contribution is -0.119. The molecule has 2 amide bonds. The predicted molar refractivity (Wildman–Crippen MR) is 104 cm³/mol. The van der Waals surface area contributed by atoms with Crippen LogP contribution in [0.15, 0.2) is 84.9 Å². The molecule has 126 valence electrons. The molecule has 4 heteroatoms. The van der Waals surface area contributed by atoms with E-state index >= 15 is 0 Å². The molecule has 0 aliphatic carbocycles. The van der Waals surface area contributed by atoms with Gasteiger partial charge in [-0.05, 0) is 29.3 Å². The van der Waals surface area contributed by atoms with Gasteiger partial charge >= 0.3 is 0 Å². The van der Waals surface area contributed by atoms with Crippen molar-refractivity contribution in [2.45, 2.75) is 0 Å². The van der Waals surface area contributed by atoms with E-state index in [9.17, 15) is 9.59 Å². The van der Waals surface area contributed by atoms with Crippen LogP contribution in [0.5, 0.6) is 0 Å². The third-order valence-electron chi connectivity index (χ3n) is 4.28. The van der Waals surface area contributed by atoms with Gasteiger partial charge in [-0.3, -0.25) is 9.59 Å². The van der Waals surface area contributed by atoms with Crippen molar-refractivity contribution in [2.75, 3.05) is 4.90 Å². The average molecular weight is 360 g/mol. The number of hydrogen-bond acceptors (Lipinski definition) is 2. The molecule has 0 spiro atoms. The fraction of sp³-hybridized carbons (Fsp3) is 0. The summed E-state index contributed by atoms with van der Waals surface area (Å²) in [7, 11) is 0. The lowest BCUT2D eigenvalue weighted by Crippen LogP contribution is -2.31. The number of anilines is 1. The largest absolute Gasteiger partial charge is 0.268 e. The zero-order chi connectivity index (χ0) is 18.1. The van der Waals surface area contributed by atoms with E-state index in [1.54, 1.807) is 24.3 Å². The van der Waals surface area contributed by atoms with Gasteiger partial charge in [0.15, 0.2) is 0 Å². The average Bonchev–Trinajstić information content (AvgIpc) is 2.93. The highest BCUT2D eigenvalue weighted by Gasteiger charge is 2.40. The maximum Gasteiger partial charge on any atom is 0.266 e. The Hall–Kier alpha value is -3.17. The van der Waals surface area contributed by atoms with Crippen molar-refractivity contribution in [2.24, 2.45) is 0 Å². The molecular formula is C22H14ClNO2. The Morgan fingerprint density at radius 1 is 0.615 bits per heavy atom. The summed E-state index contributed by atoms with van der Waals surface area (Å²) in [5.41, 5.74) is 2.71. The number of imide groups is 1. The smallest absolute Gasteiger partial charge is 0.266 e. The maximum absolute atomic E-state index is 13.2. The summed E-state index contributed by atoms with van der Waals surface area (Å²) in [5.74, 6) is -0.690. The van der Waals surface area contributed by atoms with Crippen LogP contribution in [0.1, 0.15) is 11.1 Å². The Morgan fingerprint density at radius 3 is 1.58 bits per heavy atom. The van der Waals surface area contributed by atoms with Crippen molar-refractivity contribution in [3.8, 4) is 0 Å². The molecule has 0 unspecified atom stereocenters. The quantitative estimate of drug-likeness (QED) is 0.628. The van der Waals surface area contributed by atoms with Gasteiger partial charge in [0.1, 0.15) is 0 Å². The number of benzene rings is 3. The van der Waals surface area contributed by atoms with Gasteiger partial charge in [-0.15, -0.1) is 0 Å². The molecule has 0 radical (unpaired) electrons. The molecule has 3 aromatic carbocycles. The minimum Gasteiger partial charge on any atom is -0.268 e. The van der Waals surface area contributed by atoms with Crippen LogP contribution in [-0.4, -0.2) is 11.8 Å². The summed E-state index contributed by atoms with van der Waals surface area (Å²) < 4.78 is 0. The topological polar surface area (TPSA) is 37.4 Å². The van der Waals surface area contributed by atoms with E-state index in [0.29, 0.717) is 33.0 Å². The number of carbonyl (C=O) groups excluding carboxylic acids is 2. The molecule has 1 heterocycles. The minimum absolute atomic E-state index is 0.345. The first-order chi connectivity index (χ1) is 12.7. The van der Waals surface area contributed by atoms with Gasteiger partial charge in [-0.1, -0.05) is 78.3 Å². The van der Waals surface area contributed by atoms with Gasteiger partial charge in [0.25, 0.3) is 11.8 Å². The molecular weight excluding hydrogens is 346 g/mol. The Balaban J connectivity index is 1.92. The number of carbonyl (C=O) groups is 2. The summed E-state index contributed by atoms with van der Waals surface area (Å²) >= 11 is 6.06. The zero-order valence-corrected chi connectivity index (χ0v) is 14.5. The molecule has 0 aromatic heterocycles. The molecule has 1 aliphatic rings. The van der Waals surface area contributed by atoms with Crippen LogP contribution in [0, 0.1) is 0 Å². The van der Waals surface area contributed by atoms with Gasteiger partial charge in [0.2, 0.25) is 0 Å². The lowest BCUT2D eigenvalue weighted by Gasteiger charge is -2.15. The highest BCUT2D eigenvalue weighted by Crippen LogP contribution is 2.38. The Kier molecular flexibility index (Phi) is 4.15. The van der Waals surface area contributed by atoms with Gasteiger partial charge in [-0.2, -0.15) is 0 Å². The Bertz CT molecular complexity index is 965. The van der Waals surface area contributed by atoms with Crippen molar-refractivity contribution in [3.05, 3.63) is 101 Å². The first-order valence-electron chi connectivity index (χ1n) is 8.16. The molecule has 3 aromatic rings. The third kappa shape index (κ3) is 2.72. The second kappa shape index (κ2) is 6.62. The molecule has 4 rings (SSSR count). The standard InChI is InChI=1S/C22H14ClNO2/c23-17-12-7-13-18(14-17)24-21(25)19(15-8-3-1-4-9-15)20(22(24)26)16-10-5-2-6-11-16/h1-14H. The normalized spacial score (nSPS) is 14.3. The molecule has 26 heavy (non-hydrogen) atoms. The maximum atomic E-state index is 13.2. The van der Waals surface area contributed by atoms with Crippen molar-refractivity contribution < 1.29 is 9.59 Å². The number of amides is 2. The zero-order valence-electron chi connectivity index (χ0n) is 13.7. The highest BCUT2D eigenvalue weighted by atomic mass is 35.5. The van der Waals surface area contributed by atoms with E-state index in [-0.39, 0.29) is 11.8 Å². The second-order valence-electron chi connectivity index (χ2n) is 5.91. The number of nitrogens with zero attached hydrogens (tertiary/aromatic N) is 1. The van der Waals surface area contributed by atoms with E-state index in [1.165, 1.54) is 4.90 Å². The first-order valence-corrected chi connectivity index (χ1v) is 8.54. The number of hydrogen-bond donors (Lipinski definition) is 0. The SMILES string of the molecule is O=C1C(c2ccccc2)=C(c2ccccc2)C(=O)N1c1cccc(Cl)c1. The summed E-state index contributed by atoms with van der Waals surface area (Å²) in [6.07, 6.45) is 0. The van der Waals surface area contributed by atoms with E-state index in [2.05, 4.69) is 0 Å². The molecule has 0 fully saturated rings. The summed E-state index contributed by atoms with van der Waals surface area (Å²) in [6, 6.07) is 25.3. The van der Waals surface area contributed by atoms with Crippen molar-refractivity contribution in [3.63, 3.8) is 0 Å². The van der Waals surface area contributed by atoms with Gasteiger partial charge in [0, 0.05) is 5.02 Å². The molecule has 0 saturated heterocycles. The van der Waals surface area contributed by atoms with E-state index in [1.807, 2.05) is 60.7 Å². The molecule has 0 bridgehead atoms. The molecule has 3 nitrogen and oxygen atoms in total. The third-order valence-corrected chi connectivity index (χ3v) is 4.51.